The number of amidine groups is 1. The fourth-order valence-corrected chi connectivity index (χ4v) is 2.08. The number of oxime groups is 1. The van der Waals surface area contributed by atoms with Gasteiger partial charge in [0.05, 0.1) is 6.54 Å². The molecule has 2 aromatic rings. The molecule has 0 aliphatic rings. The van der Waals surface area contributed by atoms with E-state index in [0.717, 1.165) is 18.1 Å². The first-order valence-corrected chi connectivity index (χ1v) is 6.87. The standard InChI is InChI=1S/C14H20N6O/c1-2-20-14(16-11-17-20)10-19(9-8-13(15)18-21)12-6-4-3-5-7-12/h3-7,11,21H,2,8-10H2,1H3,(H2,15,18). The van der Waals surface area contributed by atoms with Crippen LogP contribution in [0.25, 0.3) is 0 Å². The first-order chi connectivity index (χ1) is 10.2. The number of hydrogen-bond acceptors (Lipinski definition) is 5. The zero-order valence-corrected chi connectivity index (χ0v) is 12.1. The van der Waals surface area contributed by atoms with Crippen molar-refractivity contribution >= 4 is 11.5 Å². The van der Waals surface area contributed by atoms with Gasteiger partial charge in [-0.25, -0.2) is 9.67 Å². The number of rotatable bonds is 7. The van der Waals surface area contributed by atoms with Crippen molar-refractivity contribution in [3.8, 4) is 0 Å². The van der Waals surface area contributed by atoms with Crippen LogP contribution in [0, 0.1) is 0 Å². The van der Waals surface area contributed by atoms with Crippen molar-refractivity contribution in [1.82, 2.24) is 14.8 Å². The van der Waals surface area contributed by atoms with Crippen LogP contribution in [0.3, 0.4) is 0 Å². The highest BCUT2D eigenvalue weighted by Gasteiger charge is 2.12. The summed E-state index contributed by atoms with van der Waals surface area (Å²) in [5.41, 5.74) is 6.63. The van der Waals surface area contributed by atoms with Crippen LogP contribution in [-0.2, 0) is 13.1 Å². The second kappa shape index (κ2) is 7.28. The molecule has 0 aliphatic carbocycles. The Labute approximate surface area is 123 Å². The Morgan fingerprint density at radius 1 is 1.38 bits per heavy atom. The Morgan fingerprint density at radius 3 is 2.81 bits per heavy atom. The summed E-state index contributed by atoms with van der Waals surface area (Å²) in [7, 11) is 0. The van der Waals surface area contributed by atoms with E-state index in [-0.39, 0.29) is 5.84 Å². The van der Waals surface area contributed by atoms with Gasteiger partial charge >= 0.3 is 0 Å². The molecular formula is C14H20N6O. The molecule has 1 heterocycles. The topological polar surface area (TPSA) is 92.6 Å². The third-order valence-electron chi connectivity index (χ3n) is 3.22. The summed E-state index contributed by atoms with van der Waals surface area (Å²) in [6.45, 7) is 4.06. The molecule has 0 aliphatic heterocycles. The molecule has 0 fully saturated rings. The van der Waals surface area contributed by atoms with Gasteiger partial charge in [-0.1, -0.05) is 23.4 Å². The van der Waals surface area contributed by atoms with E-state index >= 15 is 0 Å². The number of aryl methyl sites for hydroxylation is 1. The number of hydrogen-bond donors (Lipinski definition) is 2. The van der Waals surface area contributed by atoms with Gasteiger partial charge in [-0.3, -0.25) is 0 Å². The molecule has 112 valence electrons. The summed E-state index contributed by atoms with van der Waals surface area (Å²) < 4.78 is 1.86. The average molecular weight is 288 g/mol. The molecule has 3 N–H and O–H groups in total. The first-order valence-electron chi connectivity index (χ1n) is 6.87. The second-order valence-electron chi connectivity index (χ2n) is 4.59. The first kappa shape index (κ1) is 14.8. The van der Waals surface area contributed by atoms with Crippen molar-refractivity contribution in [2.45, 2.75) is 26.4 Å². The molecule has 0 bridgehead atoms. The third-order valence-corrected chi connectivity index (χ3v) is 3.22. The molecule has 7 heteroatoms. The molecule has 21 heavy (non-hydrogen) atoms. The highest BCUT2D eigenvalue weighted by molar-refractivity contribution is 5.80. The van der Waals surface area contributed by atoms with Gasteiger partial charge < -0.3 is 15.8 Å². The highest BCUT2D eigenvalue weighted by Crippen LogP contribution is 2.16. The van der Waals surface area contributed by atoms with E-state index in [1.165, 1.54) is 0 Å². The van der Waals surface area contributed by atoms with Crippen molar-refractivity contribution < 1.29 is 5.21 Å². The summed E-state index contributed by atoms with van der Waals surface area (Å²) >= 11 is 0. The van der Waals surface area contributed by atoms with Gasteiger partial charge in [-0.2, -0.15) is 5.10 Å². The van der Waals surface area contributed by atoms with Gasteiger partial charge in [-0.05, 0) is 19.1 Å². The van der Waals surface area contributed by atoms with Crippen LogP contribution in [-0.4, -0.2) is 32.4 Å². The lowest BCUT2D eigenvalue weighted by Gasteiger charge is -2.24. The maximum absolute atomic E-state index is 8.68. The normalized spacial score (nSPS) is 11.6. The van der Waals surface area contributed by atoms with Crippen LogP contribution >= 0.6 is 0 Å². The van der Waals surface area contributed by atoms with E-state index in [9.17, 15) is 0 Å². The zero-order chi connectivity index (χ0) is 15.1. The number of nitrogens with zero attached hydrogens (tertiary/aromatic N) is 5. The van der Waals surface area contributed by atoms with E-state index in [1.807, 2.05) is 41.9 Å². The average Bonchev–Trinajstić information content (AvgIpc) is 2.99. The van der Waals surface area contributed by atoms with E-state index in [4.69, 9.17) is 10.9 Å². The van der Waals surface area contributed by atoms with Crippen LogP contribution in [0.15, 0.2) is 41.8 Å². The summed E-state index contributed by atoms with van der Waals surface area (Å²) in [4.78, 5) is 6.43. The smallest absolute Gasteiger partial charge is 0.146 e. The number of nitrogens with two attached hydrogens (primary N) is 1. The minimum atomic E-state index is 0.216. The lowest BCUT2D eigenvalue weighted by molar-refractivity contribution is 0.317. The fourth-order valence-electron chi connectivity index (χ4n) is 2.08. The monoisotopic (exact) mass is 288 g/mol. The van der Waals surface area contributed by atoms with Crippen molar-refractivity contribution in [2.75, 3.05) is 11.4 Å². The number of aromatic nitrogens is 3. The van der Waals surface area contributed by atoms with Crippen LogP contribution in [0.1, 0.15) is 19.2 Å². The summed E-state index contributed by atoms with van der Waals surface area (Å²) in [5.74, 6) is 1.11. The van der Waals surface area contributed by atoms with Gasteiger partial charge in [0.2, 0.25) is 0 Å². The molecule has 0 unspecified atom stereocenters. The Morgan fingerprint density at radius 2 is 2.14 bits per heavy atom. The molecule has 0 saturated heterocycles. The van der Waals surface area contributed by atoms with Crippen molar-refractivity contribution in [2.24, 2.45) is 10.9 Å². The molecule has 1 aromatic carbocycles. The Hall–Kier alpha value is -2.57. The third kappa shape index (κ3) is 3.95. The maximum Gasteiger partial charge on any atom is 0.146 e. The molecule has 7 nitrogen and oxygen atoms in total. The minimum absolute atomic E-state index is 0.216. The minimum Gasteiger partial charge on any atom is -0.409 e. The summed E-state index contributed by atoms with van der Waals surface area (Å²) in [5, 5.41) is 15.9. The van der Waals surface area contributed by atoms with E-state index in [1.54, 1.807) is 6.33 Å². The summed E-state index contributed by atoms with van der Waals surface area (Å²) in [6.07, 6.45) is 2.04. The predicted octanol–water partition coefficient (Wildman–Crippen LogP) is 1.44. The van der Waals surface area contributed by atoms with Gasteiger partial charge in [-0.15, -0.1) is 0 Å². The van der Waals surface area contributed by atoms with Gasteiger partial charge in [0.25, 0.3) is 0 Å². The quantitative estimate of drug-likeness (QED) is 0.348. The van der Waals surface area contributed by atoms with Crippen molar-refractivity contribution in [1.29, 1.82) is 0 Å². The van der Waals surface area contributed by atoms with Crippen LogP contribution in [0.5, 0.6) is 0 Å². The second-order valence-corrected chi connectivity index (χ2v) is 4.59. The number of benzene rings is 1. The summed E-state index contributed by atoms with van der Waals surface area (Å²) in [6, 6.07) is 9.99. The largest absolute Gasteiger partial charge is 0.409 e. The number of para-hydroxylation sites is 1. The van der Waals surface area contributed by atoms with Crippen molar-refractivity contribution in [3.63, 3.8) is 0 Å². The van der Waals surface area contributed by atoms with Crippen LogP contribution in [0.2, 0.25) is 0 Å². The molecule has 0 saturated carbocycles. The fraction of sp³-hybridized carbons (Fsp3) is 0.357. The number of anilines is 1. The lowest BCUT2D eigenvalue weighted by Crippen LogP contribution is -2.29. The molecule has 1 aromatic heterocycles. The SMILES string of the molecule is CCn1ncnc1CN(CCC(N)=NO)c1ccccc1. The molecular weight excluding hydrogens is 268 g/mol. The van der Waals surface area contributed by atoms with E-state index in [0.29, 0.717) is 19.5 Å². The highest BCUT2D eigenvalue weighted by atomic mass is 16.4. The zero-order valence-electron chi connectivity index (χ0n) is 12.1. The van der Waals surface area contributed by atoms with E-state index in [2.05, 4.69) is 20.1 Å². The van der Waals surface area contributed by atoms with E-state index < -0.39 is 0 Å². The molecule has 0 spiro atoms. The molecule has 0 amide bonds. The Kier molecular flexibility index (Phi) is 5.14. The van der Waals surface area contributed by atoms with Crippen molar-refractivity contribution in [3.05, 3.63) is 42.5 Å². The van der Waals surface area contributed by atoms with Crippen LogP contribution in [0.4, 0.5) is 5.69 Å². The lowest BCUT2D eigenvalue weighted by atomic mass is 10.2. The molecule has 2 rings (SSSR count). The van der Waals surface area contributed by atoms with Crippen LogP contribution < -0.4 is 10.6 Å². The molecule has 0 radical (unpaired) electrons. The maximum atomic E-state index is 8.68. The Balaban J connectivity index is 2.16. The molecule has 0 atom stereocenters. The predicted molar refractivity (Wildman–Crippen MR) is 81.2 cm³/mol. The van der Waals surface area contributed by atoms with Gasteiger partial charge in [0, 0.05) is 25.2 Å². The Bertz CT molecular complexity index is 580. The van der Waals surface area contributed by atoms with Gasteiger partial charge in [0.1, 0.15) is 18.0 Å². The van der Waals surface area contributed by atoms with Gasteiger partial charge in [0.15, 0.2) is 0 Å².